The number of ether oxygens (including phenoxy) is 1. The number of nitrogens with two attached hydrogens (primary N) is 1. The summed E-state index contributed by atoms with van der Waals surface area (Å²) in [5.74, 6) is -1.70. The number of hydrogen-bond acceptors (Lipinski definition) is 3. The maximum atomic E-state index is 13.7. The van der Waals surface area contributed by atoms with Gasteiger partial charge in [0.1, 0.15) is 5.52 Å². The summed E-state index contributed by atoms with van der Waals surface area (Å²) in [6, 6.07) is 2.44. The van der Waals surface area contributed by atoms with Gasteiger partial charge in [-0.1, -0.05) is 0 Å². The standard InChI is InChI=1S/C11H13F2N3O/c1-6(17-2)5-16-10-8(15-11(16)14)4-3-7(12)9(10)13/h3-4,6H,5H2,1-2H3,(H2,14,15). The highest BCUT2D eigenvalue weighted by Crippen LogP contribution is 2.23. The van der Waals surface area contributed by atoms with Crippen molar-refractivity contribution in [2.75, 3.05) is 12.8 Å². The molecule has 2 rings (SSSR count). The number of benzene rings is 1. The number of aromatic nitrogens is 2. The average Bonchev–Trinajstić information content (AvgIpc) is 2.61. The van der Waals surface area contributed by atoms with Crippen LogP contribution in [0.15, 0.2) is 12.1 Å². The van der Waals surface area contributed by atoms with Gasteiger partial charge in [0.25, 0.3) is 0 Å². The van der Waals surface area contributed by atoms with Gasteiger partial charge < -0.3 is 15.0 Å². The molecule has 92 valence electrons. The van der Waals surface area contributed by atoms with E-state index in [4.69, 9.17) is 10.5 Å². The number of anilines is 1. The molecule has 0 bridgehead atoms. The van der Waals surface area contributed by atoms with Gasteiger partial charge in [0, 0.05) is 7.11 Å². The number of halogens is 2. The van der Waals surface area contributed by atoms with Gasteiger partial charge in [0.15, 0.2) is 11.6 Å². The minimum absolute atomic E-state index is 0.0754. The van der Waals surface area contributed by atoms with Crippen molar-refractivity contribution in [3.8, 4) is 0 Å². The molecule has 0 aliphatic heterocycles. The quantitative estimate of drug-likeness (QED) is 0.893. The van der Waals surface area contributed by atoms with Gasteiger partial charge in [-0.05, 0) is 19.1 Å². The number of nitrogens with zero attached hydrogens (tertiary/aromatic N) is 2. The Hall–Kier alpha value is -1.69. The van der Waals surface area contributed by atoms with Crippen molar-refractivity contribution in [1.82, 2.24) is 9.55 Å². The maximum absolute atomic E-state index is 13.7. The van der Waals surface area contributed by atoms with Crippen molar-refractivity contribution in [2.45, 2.75) is 19.6 Å². The molecule has 0 radical (unpaired) electrons. The zero-order valence-corrected chi connectivity index (χ0v) is 9.58. The fourth-order valence-corrected chi connectivity index (χ4v) is 1.69. The molecule has 1 atom stereocenters. The zero-order chi connectivity index (χ0) is 12.6. The van der Waals surface area contributed by atoms with Crippen molar-refractivity contribution in [2.24, 2.45) is 0 Å². The number of hydrogen-bond donors (Lipinski definition) is 1. The fourth-order valence-electron chi connectivity index (χ4n) is 1.69. The summed E-state index contributed by atoms with van der Waals surface area (Å²) in [7, 11) is 1.54. The van der Waals surface area contributed by atoms with Crippen LogP contribution in [0.25, 0.3) is 11.0 Å². The van der Waals surface area contributed by atoms with Crippen LogP contribution in [0.5, 0.6) is 0 Å². The smallest absolute Gasteiger partial charge is 0.201 e. The van der Waals surface area contributed by atoms with Crippen LogP contribution in [-0.4, -0.2) is 22.8 Å². The molecule has 2 aromatic rings. The van der Waals surface area contributed by atoms with E-state index in [1.54, 1.807) is 0 Å². The lowest BCUT2D eigenvalue weighted by molar-refractivity contribution is 0.104. The molecule has 1 aromatic heterocycles. The summed E-state index contributed by atoms with van der Waals surface area (Å²) >= 11 is 0. The Morgan fingerprint density at radius 2 is 2.18 bits per heavy atom. The molecule has 0 aliphatic carbocycles. The lowest BCUT2D eigenvalue weighted by Gasteiger charge is -2.12. The van der Waals surface area contributed by atoms with Crippen molar-refractivity contribution < 1.29 is 13.5 Å². The Kier molecular flexibility index (Phi) is 2.97. The second-order valence-electron chi connectivity index (χ2n) is 3.86. The van der Waals surface area contributed by atoms with Gasteiger partial charge in [0.2, 0.25) is 5.95 Å². The summed E-state index contributed by atoms with van der Waals surface area (Å²) in [4.78, 5) is 3.98. The average molecular weight is 241 g/mol. The highest BCUT2D eigenvalue weighted by molar-refractivity contribution is 5.79. The number of methoxy groups -OCH3 is 1. The number of imidazole rings is 1. The Balaban J connectivity index is 2.60. The molecule has 0 saturated heterocycles. The van der Waals surface area contributed by atoms with Crippen LogP contribution in [0.1, 0.15) is 6.92 Å². The molecule has 0 spiro atoms. The SMILES string of the molecule is COC(C)Cn1c(N)nc2ccc(F)c(F)c21. The third kappa shape index (κ3) is 1.95. The van der Waals surface area contributed by atoms with Crippen LogP contribution < -0.4 is 5.73 Å². The topological polar surface area (TPSA) is 53.1 Å². The minimum atomic E-state index is -0.935. The first-order chi connectivity index (χ1) is 8.04. The van der Waals surface area contributed by atoms with E-state index in [1.807, 2.05) is 6.92 Å². The number of rotatable bonds is 3. The van der Waals surface area contributed by atoms with Gasteiger partial charge in [0.05, 0.1) is 18.2 Å². The highest BCUT2D eigenvalue weighted by Gasteiger charge is 2.17. The van der Waals surface area contributed by atoms with Crippen molar-refractivity contribution >= 4 is 17.0 Å². The van der Waals surface area contributed by atoms with E-state index in [-0.39, 0.29) is 17.6 Å². The molecule has 0 amide bonds. The van der Waals surface area contributed by atoms with Crippen LogP contribution in [0.2, 0.25) is 0 Å². The highest BCUT2D eigenvalue weighted by atomic mass is 19.2. The first-order valence-electron chi connectivity index (χ1n) is 5.17. The molecule has 0 fully saturated rings. The van der Waals surface area contributed by atoms with Crippen LogP contribution in [-0.2, 0) is 11.3 Å². The molecule has 17 heavy (non-hydrogen) atoms. The van der Waals surface area contributed by atoms with E-state index in [1.165, 1.54) is 17.7 Å². The van der Waals surface area contributed by atoms with Crippen molar-refractivity contribution in [1.29, 1.82) is 0 Å². The third-order valence-corrected chi connectivity index (χ3v) is 2.67. The van der Waals surface area contributed by atoms with Gasteiger partial charge in [-0.2, -0.15) is 0 Å². The van der Waals surface area contributed by atoms with Crippen molar-refractivity contribution in [3.63, 3.8) is 0 Å². The van der Waals surface area contributed by atoms with Crippen LogP contribution in [0, 0.1) is 11.6 Å². The van der Waals surface area contributed by atoms with Gasteiger partial charge in [-0.15, -0.1) is 0 Å². The molecule has 0 aliphatic rings. The Bertz CT molecular complexity index is 553. The van der Waals surface area contributed by atoms with E-state index in [2.05, 4.69) is 4.98 Å². The molecule has 2 N–H and O–H groups in total. The number of fused-ring (bicyclic) bond motifs is 1. The summed E-state index contributed by atoms with van der Waals surface area (Å²) in [6.45, 7) is 2.13. The van der Waals surface area contributed by atoms with Gasteiger partial charge in [-0.25, -0.2) is 13.8 Å². The van der Waals surface area contributed by atoms with Crippen molar-refractivity contribution in [3.05, 3.63) is 23.8 Å². The molecule has 1 aromatic carbocycles. The molecule has 1 heterocycles. The van der Waals surface area contributed by atoms with E-state index in [0.717, 1.165) is 6.07 Å². The maximum Gasteiger partial charge on any atom is 0.201 e. The van der Waals surface area contributed by atoms with E-state index < -0.39 is 11.6 Å². The third-order valence-electron chi connectivity index (χ3n) is 2.67. The molecular formula is C11H13F2N3O. The second kappa shape index (κ2) is 4.29. The van der Waals surface area contributed by atoms with Crippen LogP contribution in [0.4, 0.5) is 14.7 Å². The molecule has 1 unspecified atom stereocenters. The summed E-state index contributed by atoms with van der Waals surface area (Å²) in [6.07, 6.45) is -0.169. The van der Waals surface area contributed by atoms with Gasteiger partial charge >= 0.3 is 0 Å². The Labute approximate surface area is 97.0 Å². The Morgan fingerprint density at radius 3 is 2.82 bits per heavy atom. The second-order valence-corrected chi connectivity index (χ2v) is 3.86. The Morgan fingerprint density at radius 1 is 1.47 bits per heavy atom. The lowest BCUT2D eigenvalue weighted by Crippen LogP contribution is -2.16. The predicted octanol–water partition coefficient (Wildman–Crippen LogP) is 1.93. The van der Waals surface area contributed by atoms with E-state index >= 15 is 0 Å². The first kappa shape index (κ1) is 11.8. The largest absolute Gasteiger partial charge is 0.380 e. The van der Waals surface area contributed by atoms with Gasteiger partial charge in [-0.3, -0.25) is 0 Å². The number of nitrogen functional groups attached to an aromatic ring is 1. The summed E-state index contributed by atoms with van der Waals surface area (Å²) in [5.41, 5.74) is 6.10. The normalized spacial score (nSPS) is 13.2. The first-order valence-corrected chi connectivity index (χ1v) is 5.17. The van der Waals surface area contributed by atoms with E-state index in [9.17, 15) is 8.78 Å². The molecule has 4 nitrogen and oxygen atoms in total. The minimum Gasteiger partial charge on any atom is -0.380 e. The zero-order valence-electron chi connectivity index (χ0n) is 9.58. The van der Waals surface area contributed by atoms with E-state index in [0.29, 0.717) is 12.1 Å². The predicted molar refractivity (Wildman–Crippen MR) is 60.5 cm³/mol. The summed E-state index contributed by atoms with van der Waals surface area (Å²) in [5, 5.41) is 0. The monoisotopic (exact) mass is 241 g/mol. The summed E-state index contributed by atoms with van der Waals surface area (Å²) < 4.78 is 33.4. The molecular weight excluding hydrogens is 228 g/mol. The fraction of sp³-hybridized carbons (Fsp3) is 0.364. The molecule has 0 saturated carbocycles. The lowest BCUT2D eigenvalue weighted by atomic mass is 10.3. The van der Waals surface area contributed by atoms with Crippen LogP contribution >= 0.6 is 0 Å². The van der Waals surface area contributed by atoms with Crippen LogP contribution in [0.3, 0.4) is 0 Å². The molecule has 6 heteroatoms.